The van der Waals surface area contributed by atoms with E-state index in [1.54, 1.807) is 0 Å². The zero-order valence-corrected chi connectivity index (χ0v) is 13.9. The van der Waals surface area contributed by atoms with Crippen molar-refractivity contribution in [3.63, 3.8) is 0 Å². The van der Waals surface area contributed by atoms with Crippen molar-refractivity contribution < 1.29 is 9.59 Å². The van der Waals surface area contributed by atoms with E-state index in [1.165, 1.54) is 0 Å². The minimum atomic E-state index is -0.357. The Kier molecular flexibility index (Phi) is 6.65. The lowest BCUT2D eigenvalue weighted by molar-refractivity contribution is -0.144. The first-order chi connectivity index (χ1) is 9.77. The Morgan fingerprint density at radius 1 is 1.38 bits per heavy atom. The fourth-order valence-corrected chi connectivity index (χ4v) is 3.25. The molecule has 3 N–H and O–H groups in total. The number of piperidine rings is 1. The van der Waals surface area contributed by atoms with Crippen molar-refractivity contribution in [3.8, 4) is 0 Å². The largest absolute Gasteiger partial charge is 0.355 e. The number of likely N-dealkylation sites (tertiary alicyclic amines) is 1. The molecule has 1 aliphatic heterocycles. The first-order valence-electron chi connectivity index (χ1n) is 8.05. The summed E-state index contributed by atoms with van der Waals surface area (Å²) in [4.78, 5) is 26.6. The highest BCUT2D eigenvalue weighted by Crippen LogP contribution is 2.30. The summed E-state index contributed by atoms with van der Waals surface area (Å²) in [5.74, 6) is 0.591. The number of hydrogen-bond donors (Lipinski definition) is 2. The molecule has 1 rings (SSSR count). The van der Waals surface area contributed by atoms with Gasteiger partial charge in [-0.3, -0.25) is 9.59 Å². The highest BCUT2D eigenvalue weighted by Gasteiger charge is 2.36. The second-order valence-electron chi connectivity index (χ2n) is 7.15. The molecule has 1 fully saturated rings. The molecule has 5 nitrogen and oxygen atoms in total. The zero-order valence-electron chi connectivity index (χ0n) is 13.9. The van der Waals surface area contributed by atoms with E-state index in [9.17, 15) is 9.59 Å². The Morgan fingerprint density at radius 3 is 2.62 bits per heavy atom. The van der Waals surface area contributed by atoms with Gasteiger partial charge in [-0.2, -0.15) is 0 Å². The first kappa shape index (κ1) is 18.0. The molecule has 0 aromatic rings. The lowest BCUT2D eigenvalue weighted by atomic mass is 9.81. The lowest BCUT2D eigenvalue weighted by Crippen LogP contribution is -2.49. The van der Waals surface area contributed by atoms with E-state index < -0.39 is 0 Å². The van der Waals surface area contributed by atoms with E-state index >= 15 is 0 Å². The van der Waals surface area contributed by atoms with Gasteiger partial charge in [0.25, 0.3) is 0 Å². The molecule has 0 aromatic heterocycles. The van der Waals surface area contributed by atoms with Crippen LogP contribution < -0.4 is 11.1 Å². The van der Waals surface area contributed by atoms with Gasteiger partial charge in [-0.15, -0.1) is 0 Å². The summed E-state index contributed by atoms with van der Waals surface area (Å²) in [5.41, 5.74) is 5.05. The Balaban J connectivity index is 2.63. The van der Waals surface area contributed by atoms with E-state index in [2.05, 4.69) is 19.2 Å². The van der Waals surface area contributed by atoms with Crippen LogP contribution in [0.4, 0.5) is 0 Å². The molecule has 1 saturated heterocycles. The molecule has 1 atom stereocenters. The van der Waals surface area contributed by atoms with E-state index in [0.29, 0.717) is 25.6 Å². The minimum Gasteiger partial charge on any atom is -0.355 e. The molecule has 0 radical (unpaired) electrons. The van der Waals surface area contributed by atoms with Crippen LogP contribution in [-0.4, -0.2) is 42.9 Å². The van der Waals surface area contributed by atoms with Crippen LogP contribution in [0.1, 0.15) is 47.0 Å². The van der Waals surface area contributed by atoms with Crippen molar-refractivity contribution in [1.82, 2.24) is 10.2 Å². The molecule has 0 aliphatic carbocycles. The molecule has 2 amide bonds. The van der Waals surface area contributed by atoms with Crippen molar-refractivity contribution in [1.29, 1.82) is 0 Å². The first-order valence-corrected chi connectivity index (χ1v) is 8.05. The molecule has 1 unspecified atom stereocenters. The van der Waals surface area contributed by atoms with Crippen molar-refractivity contribution in [2.75, 3.05) is 26.2 Å². The summed E-state index contributed by atoms with van der Waals surface area (Å²) in [6.45, 7) is 10.5. The molecule has 21 heavy (non-hydrogen) atoms. The highest BCUT2D eigenvalue weighted by molar-refractivity contribution is 5.84. The van der Waals surface area contributed by atoms with E-state index in [4.69, 9.17) is 5.73 Å². The van der Waals surface area contributed by atoms with Gasteiger partial charge in [-0.25, -0.2) is 0 Å². The number of carbonyl (C=O) groups excluding carboxylic acids is 2. The third-order valence-electron chi connectivity index (χ3n) is 4.02. The van der Waals surface area contributed by atoms with Crippen molar-refractivity contribution in [2.24, 2.45) is 23.0 Å². The van der Waals surface area contributed by atoms with Crippen LogP contribution in [0.2, 0.25) is 0 Å². The predicted octanol–water partition coefficient (Wildman–Crippen LogP) is 1.37. The third kappa shape index (κ3) is 5.30. The zero-order chi connectivity index (χ0) is 16.0. The minimum absolute atomic E-state index is 0.0274. The molecule has 0 aromatic carbocycles. The summed E-state index contributed by atoms with van der Waals surface area (Å²) in [6.07, 6.45) is 2.61. The van der Waals surface area contributed by atoms with Crippen LogP contribution in [0.3, 0.4) is 0 Å². The fourth-order valence-electron chi connectivity index (χ4n) is 3.25. The standard InChI is InChI=1S/C16H31N3O2/c1-12(2)10-16(3,4)15(21)19-9-5-6-13(11-19)14(20)18-8-7-17/h12-13H,5-11,17H2,1-4H3,(H,18,20). The number of nitrogens with two attached hydrogens (primary N) is 1. The van der Waals surface area contributed by atoms with Crippen LogP contribution in [0, 0.1) is 17.3 Å². The maximum Gasteiger partial charge on any atom is 0.228 e. The summed E-state index contributed by atoms with van der Waals surface area (Å²) in [5, 5.41) is 2.83. The number of amides is 2. The molecule has 0 saturated carbocycles. The normalized spacial score (nSPS) is 19.7. The molecule has 122 valence electrons. The number of nitrogens with one attached hydrogen (secondary N) is 1. The maximum atomic E-state index is 12.7. The monoisotopic (exact) mass is 297 g/mol. The van der Waals surface area contributed by atoms with Crippen molar-refractivity contribution in [2.45, 2.75) is 47.0 Å². The van der Waals surface area contributed by atoms with E-state index in [0.717, 1.165) is 25.8 Å². The van der Waals surface area contributed by atoms with Gasteiger partial charge in [-0.05, 0) is 25.2 Å². The number of hydrogen-bond acceptors (Lipinski definition) is 3. The molecular weight excluding hydrogens is 266 g/mol. The topological polar surface area (TPSA) is 75.4 Å². The van der Waals surface area contributed by atoms with Crippen LogP contribution in [0.25, 0.3) is 0 Å². The average Bonchev–Trinajstić information content (AvgIpc) is 2.42. The van der Waals surface area contributed by atoms with Crippen LogP contribution >= 0.6 is 0 Å². The molecule has 5 heteroatoms. The van der Waals surface area contributed by atoms with Gasteiger partial charge in [0.05, 0.1) is 5.92 Å². The predicted molar refractivity (Wildman–Crippen MR) is 84.6 cm³/mol. The van der Waals surface area contributed by atoms with Crippen LogP contribution in [0.15, 0.2) is 0 Å². The SMILES string of the molecule is CC(C)CC(C)(C)C(=O)N1CCCC(C(=O)NCCN)C1. The smallest absolute Gasteiger partial charge is 0.228 e. The molecular formula is C16H31N3O2. The van der Waals surface area contributed by atoms with Gasteiger partial charge >= 0.3 is 0 Å². The second kappa shape index (κ2) is 7.78. The summed E-state index contributed by atoms with van der Waals surface area (Å²) < 4.78 is 0. The maximum absolute atomic E-state index is 12.7. The lowest BCUT2D eigenvalue weighted by Gasteiger charge is -2.37. The summed E-state index contributed by atoms with van der Waals surface area (Å²) in [6, 6.07) is 0. The molecule has 0 spiro atoms. The summed E-state index contributed by atoms with van der Waals surface area (Å²) in [7, 11) is 0. The summed E-state index contributed by atoms with van der Waals surface area (Å²) >= 11 is 0. The Bertz CT molecular complexity index is 367. The number of carbonyl (C=O) groups is 2. The van der Waals surface area contributed by atoms with E-state index in [-0.39, 0.29) is 23.1 Å². The van der Waals surface area contributed by atoms with E-state index in [1.807, 2.05) is 18.7 Å². The third-order valence-corrected chi connectivity index (χ3v) is 4.02. The average molecular weight is 297 g/mol. The number of rotatable bonds is 6. The van der Waals surface area contributed by atoms with Gasteiger partial charge < -0.3 is 16.0 Å². The Labute approximate surface area is 128 Å². The second-order valence-corrected chi connectivity index (χ2v) is 7.15. The van der Waals surface area contributed by atoms with Gasteiger partial charge in [0.1, 0.15) is 0 Å². The van der Waals surface area contributed by atoms with Crippen molar-refractivity contribution >= 4 is 11.8 Å². The van der Waals surface area contributed by atoms with Crippen molar-refractivity contribution in [3.05, 3.63) is 0 Å². The van der Waals surface area contributed by atoms with Gasteiger partial charge in [0, 0.05) is 31.6 Å². The van der Waals surface area contributed by atoms with Gasteiger partial charge in [0.2, 0.25) is 11.8 Å². The molecule has 1 heterocycles. The fraction of sp³-hybridized carbons (Fsp3) is 0.875. The Hall–Kier alpha value is -1.10. The molecule has 1 aliphatic rings. The molecule has 0 bridgehead atoms. The Morgan fingerprint density at radius 2 is 2.05 bits per heavy atom. The van der Waals surface area contributed by atoms with Crippen LogP contribution in [-0.2, 0) is 9.59 Å². The van der Waals surface area contributed by atoms with Gasteiger partial charge in [-0.1, -0.05) is 27.7 Å². The van der Waals surface area contributed by atoms with Gasteiger partial charge in [0.15, 0.2) is 0 Å². The highest BCUT2D eigenvalue weighted by atomic mass is 16.2. The number of nitrogens with zero attached hydrogens (tertiary/aromatic N) is 1. The van der Waals surface area contributed by atoms with Crippen LogP contribution in [0.5, 0.6) is 0 Å². The quantitative estimate of drug-likeness (QED) is 0.777.